The number of nitro benzene ring substituents is 1. The van der Waals surface area contributed by atoms with Crippen LogP contribution in [0, 0.1) is 10.1 Å². The largest absolute Gasteiger partial charge is 0.375 e. The quantitative estimate of drug-likeness (QED) is 0.349. The number of nitrogens with zero attached hydrogens (tertiary/aromatic N) is 4. The van der Waals surface area contributed by atoms with E-state index in [0.717, 1.165) is 12.8 Å². The number of hydrogen-bond donors (Lipinski definition) is 1. The number of aliphatic hydroxyl groups excluding tert-OH is 1. The zero-order chi connectivity index (χ0) is 13.4. The fourth-order valence-corrected chi connectivity index (χ4v) is 1.24. The number of rotatable bonds is 7. The summed E-state index contributed by atoms with van der Waals surface area (Å²) in [5.74, 6) is 0. The molecule has 0 atom stereocenters. The van der Waals surface area contributed by atoms with Crippen molar-refractivity contribution in [2.45, 2.75) is 19.8 Å². The van der Waals surface area contributed by atoms with Crippen molar-refractivity contribution in [3.8, 4) is 0 Å². The van der Waals surface area contributed by atoms with E-state index < -0.39 is 4.92 Å². The fourth-order valence-electron chi connectivity index (χ4n) is 1.24. The van der Waals surface area contributed by atoms with E-state index in [2.05, 4.69) is 10.3 Å². The van der Waals surface area contributed by atoms with Gasteiger partial charge in [-0.15, -0.1) is 5.11 Å². The SMILES string of the molecule is CCCCN(CO)N=Nc1ccc([N+](=O)[O-])cc1. The van der Waals surface area contributed by atoms with Crippen LogP contribution < -0.4 is 0 Å². The molecule has 0 bridgehead atoms. The smallest absolute Gasteiger partial charge is 0.269 e. The number of aliphatic hydroxyl groups is 1. The van der Waals surface area contributed by atoms with E-state index in [9.17, 15) is 10.1 Å². The van der Waals surface area contributed by atoms with Crippen LogP contribution in [0.5, 0.6) is 0 Å². The Bertz CT molecular complexity index is 405. The van der Waals surface area contributed by atoms with Crippen molar-refractivity contribution in [2.24, 2.45) is 10.3 Å². The molecule has 0 heterocycles. The van der Waals surface area contributed by atoms with Crippen LogP contribution in [-0.2, 0) is 0 Å². The molecule has 0 saturated heterocycles. The maximum Gasteiger partial charge on any atom is 0.269 e. The average Bonchev–Trinajstić information content (AvgIpc) is 2.39. The molecule has 1 rings (SSSR count). The maximum absolute atomic E-state index is 10.5. The van der Waals surface area contributed by atoms with Crippen LogP contribution >= 0.6 is 0 Å². The van der Waals surface area contributed by atoms with Gasteiger partial charge in [0, 0.05) is 18.7 Å². The summed E-state index contributed by atoms with van der Waals surface area (Å²) >= 11 is 0. The Hall–Kier alpha value is -2.02. The molecule has 18 heavy (non-hydrogen) atoms. The summed E-state index contributed by atoms with van der Waals surface area (Å²) in [6, 6.07) is 5.75. The van der Waals surface area contributed by atoms with Gasteiger partial charge in [0.15, 0.2) is 0 Å². The minimum absolute atomic E-state index is 0.0129. The maximum atomic E-state index is 10.5. The van der Waals surface area contributed by atoms with Crippen LogP contribution in [0.1, 0.15) is 19.8 Å². The average molecular weight is 252 g/mol. The molecule has 0 amide bonds. The molecule has 0 aliphatic carbocycles. The lowest BCUT2D eigenvalue weighted by atomic mass is 10.3. The molecular weight excluding hydrogens is 236 g/mol. The van der Waals surface area contributed by atoms with Crippen molar-refractivity contribution >= 4 is 11.4 Å². The molecule has 0 saturated carbocycles. The highest BCUT2D eigenvalue weighted by atomic mass is 16.6. The number of hydrogen-bond acceptors (Lipinski definition) is 5. The Morgan fingerprint density at radius 3 is 2.56 bits per heavy atom. The fraction of sp³-hybridized carbons (Fsp3) is 0.455. The summed E-state index contributed by atoms with van der Waals surface area (Å²) in [5.41, 5.74) is 0.523. The van der Waals surface area contributed by atoms with E-state index in [1.165, 1.54) is 29.3 Å². The lowest BCUT2D eigenvalue weighted by molar-refractivity contribution is -0.384. The monoisotopic (exact) mass is 252 g/mol. The van der Waals surface area contributed by atoms with E-state index in [-0.39, 0.29) is 12.4 Å². The zero-order valence-corrected chi connectivity index (χ0v) is 10.2. The topological polar surface area (TPSA) is 91.3 Å². The Morgan fingerprint density at radius 1 is 1.39 bits per heavy atom. The van der Waals surface area contributed by atoms with Crippen LogP contribution in [-0.4, -0.2) is 28.3 Å². The summed E-state index contributed by atoms with van der Waals surface area (Å²) in [6.07, 6.45) is 1.92. The molecule has 7 heteroatoms. The van der Waals surface area contributed by atoms with Gasteiger partial charge in [0.25, 0.3) is 5.69 Å². The first-order valence-electron chi connectivity index (χ1n) is 5.69. The Morgan fingerprint density at radius 2 is 2.06 bits per heavy atom. The van der Waals surface area contributed by atoms with Crippen LogP contribution in [0.4, 0.5) is 11.4 Å². The van der Waals surface area contributed by atoms with Gasteiger partial charge >= 0.3 is 0 Å². The molecule has 0 aliphatic heterocycles. The second-order valence-corrected chi connectivity index (χ2v) is 3.69. The number of non-ortho nitro benzene ring substituents is 1. The van der Waals surface area contributed by atoms with Gasteiger partial charge in [-0.2, -0.15) is 0 Å². The summed E-state index contributed by atoms with van der Waals surface area (Å²) in [6.45, 7) is 2.48. The lowest BCUT2D eigenvalue weighted by Crippen LogP contribution is -2.18. The molecule has 1 aromatic carbocycles. The number of nitro groups is 1. The van der Waals surface area contributed by atoms with Crippen molar-refractivity contribution < 1.29 is 10.0 Å². The summed E-state index contributed by atoms with van der Waals surface area (Å²) in [5, 5.41) is 28.7. The van der Waals surface area contributed by atoms with Gasteiger partial charge in [0.1, 0.15) is 6.73 Å². The van der Waals surface area contributed by atoms with Crippen LogP contribution in [0.3, 0.4) is 0 Å². The molecule has 1 N–H and O–H groups in total. The molecule has 0 unspecified atom stereocenters. The van der Waals surface area contributed by atoms with Gasteiger partial charge in [-0.25, -0.2) is 0 Å². The van der Waals surface area contributed by atoms with Crippen molar-refractivity contribution in [3.63, 3.8) is 0 Å². The first-order valence-corrected chi connectivity index (χ1v) is 5.69. The van der Waals surface area contributed by atoms with Gasteiger partial charge in [-0.1, -0.05) is 18.6 Å². The van der Waals surface area contributed by atoms with Gasteiger partial charge in [0.05, 0.1) is 10.6 Å². The van der Waals surface area contributed by atoms with Crippen molar-refractivity contribution in [2.75, 3.05) is 13.3 Å². The minimum atomic E-state index is -0.470. The lowest BCUT2D eigenvalue weighted by Gasteiger charge is -2.12. The van der Waals surface area contributed by atoms with E-state index in [0.29, 0.717) is 12.2 Å². The van der Waals surface area contributed by atoms with Gasteiger partial charge in [-0.05, 0) is 18.6 Å². The molecule has 0 fully saturated rings. The predicted octanol–water partition coefficient (Wildman–Crippen LogP) is 2.65. The summed E-state index contributed by atoms with van der Waals surface area (Å²) in [7, 11) is 0. The molecule has 1 aromatic rings. The molecule has 7 nitrogen and oxygen atoms in total. The second-order valence-electron chi connectivity index (χ2n) is 3.69. The minimum Gasteiger partial charge on any atom is -0.375 e. The standard InChI is InChI=1S/C11H16N4O3/c1-2-3-8-14(9-16)13-12-10-4-6-11(7-5-10)15(17)18/h4-7,16H,2-3,8-9H2,1H3. The van der Waals surface area contributed by atoms with E-state index >= 15 is 0 Å². The Balaban J connectivity index is 2.62. The first kappa shape index (κ1) is 14.0. The van der Waals surface area contributed by atoms with E-state index in [1.807, 2.05) is 6.92 Å². The molecule has 0 aromatic heterocycles. The van der Waals surface area contributed by atoms with Gasteiger partial charge < -0.3 is 5.11 Å². The van der Waals surface area contributed by atoms with Crippen molar-refractivity contribution in [1.29, 1.82) is 0 Å². The van der Waals surface area contributed by atoms with Crippen LogP contribution in [0.2, 0.25) is 0 Å². The molecule has 0 aliphatic rings. The zero-order valence-electron chi connectivity index (χ0n) is 10.2. The van der Waals surface area contributed by atoms with E-state index in [4.69, 9.17) is 5.11 Å². The third-order valence-electron chi connectivity index (χ3n) is 2.28. The number of benzene rings is 1. The molecule has 0 spiro atoms. The normalized spacial score (nSPS) is 10.8. The Labute approximate surface area is 105 Å². The highest BCUT2D eigenvalue weighted by Crippen LogP contribution is 2.18. The molecule has 0 radical (unpaired) electrons. The first-order chi connectivity index (χ1) is 8.67. The summed E-state index contributed by atoms with van der Waals surface area (Å²) in [4.78, 5) is 9.98. The molecule has 98 valence electrons. The van der Waals surface area contributed by atoms with Gasteiger partial charge in [0.2, 0.25) is 0 Å². The highest BCUT2D eigenvalue weighted by Gasteiger charge is 2.03. The van der Waals surface area contributed by atoms with E-state index in [1.54, 1.807) is 0 Å². The van der Waals surface area contributed by atoms with Crippen molar-refractivity contribution in [3.05, 3.63) is 34.4 Å². The van der Waals surface area contributed by atoms with Crippen molar-refractivity contribution in [1.82, 2.24) is 5.01 Å². The summed E-state index contributed by atoms with van der Waals surface area (Å²) < 4.78 is 0. The van der Waals surface area contributed by atoms with Crippen LogP contribution in [0.25, 0.3) is 0 Å². The van der Waals surface area contributed by atoms with Crippen LogP contribution in [0.15, 0.2) is 34.6 Å². The third-order valence-corrected chi connectivity index (χ3v) is 2.28. The van der Waals surface area contributed by atoms with Gasteiger partial charge in [-0.3, -0.25) is 15.1 Å². The third kappa shape index (κ3) is 4.46. The highest BCUT2D eigenvalue weighted by molar-refractivity contribution is 5.43. The number of unbranched alkanes of at least 4 members (excludes halogenated alkanes) is 1. The Kier molecular flexibility index (Phi) is 5.72. The second kappa shape index (κ2) is 7.33. The molecular formula is C11H16N4O3. The predicted molar refractivity (Wildman–Crippen MR) is 66.3 cm³/mol.